The van der Waals surface area contributed by atoms with Crippen LogP contribution in [0.4, 0.5) is 11.6 Å². The molecule has 0 atom stereocenters. The van der Waals surface area contributed by atoms with E-state index in [-0.39, 0.29) is 5.95 Å². The first-order valence-corrected chi connectivity index (χ1v) is 9.80. The number of nitrogens with one attached hydrogen (secondary N) is 1. The van der Waals surface area contributed by atoms with E-state index in [1.165, 1.54) is 11.3 Å². The van der Waals surface area contributed by atoms with Crippen LogP contribution in [-0.2, 0) is 0 Å². The fourth-order valence-corrected chi connectivity index (χ4v) is 3.79. The van der Waals surface area contributed by atoms with E-state index in [4.69, 9.17) is 10.3 Å². The van der Waals surface area contributed by atoms with Gasteiger partial charge in [-0.3, -0.25) is 4.98 Å². The first kappa shape index (κ1) is 17.3. The Morgan fingerprint density at radius 1 is 0.966 bits per heavy atom. The first-order chi connectivity index (χ1) is 14.2. The van der Waals surface area contributed by atoms with E-state index in [0.717, 1.165) is 44.0 Å². The van der Waals surface area contributed by atoms with Gasteiger partial charge in [0.15, 0.2) is 5.76 Å². The maximum absolute atomic E-state index is 6.02. The predicted octanol–water partition coefficient (Wildman–Crippen LogP) is 4.70. The third-order valence-corrected chi connectivity index (χ3v) is 5.41. The molecule has 0 saturated carbocycles. The molecule has 3 heterocycles. The van der Waals surface area contributed by atoms with Crippen LogP contribution in [0.25, 0.3) is 44.1 Å². The lowest BCUT2D eigenvalue weighted by Crippen LogP contribution is -1.99. The number of nitrogens with zero attached hydrogens (tertiary/aromatic N) is 4. The van der Waals surface area contributed by atoms with Crippen molar-refractivity contribution in [1.29, 1.82) is 0 Å². The van der Waals surface area contributed by atoms with Crippen molar-refractivity contribution in [2.45, 2.75) is 0 Å². The third-order valence-electron chi connectivity index (χ3n) is 4.64. The second-order valence-electron chi connectivity index (χ2n) is 6.43. The smallest absolute Gasteiger partial charge is 0.221 e. The van der Waals surface area contributed by atoms with Gasteiger partial charge >= 0.3 is 0 Å². The molecular formula is C21H16N6OS. The number of anilines is 2. The van der Waals surface area contributed by atoms with E-state index in [0.29, 0.717) is 5.76 Å². The standard InChI is InChI=1S/C21H16N6OS/c1-23-14-5-2-12(3-6-14)17-9-18(26-21(22)25-17)13-4-7-16-15(8-13)20(28-27-16)19-10-24-11-29-19/h2-11,23H,1H3,(H2,22,25,26). The highest BCUT2D eigenvalue weighted by Crippen LogP contribution is 2.34. The van der Waals surface area contributed by atoms with Gasteiger partial charge in [0.1, 0.15) is 5.52 Å². The highest BCUT2D eigenvalue weighted by atomic mass is 32.1. The Balaban J connectivity index is 1.61. The van der Waals surface area contributed by atoms with Crippen LogP contribution in [0, 0.1) is 0 Å². The van der Waals surface area contributed by atoms with Crippen molar-refractivity contribution < 1.29 is 4.52 Å². The maximum Gasteiger partial charge on any atom is 0.221 e. The number of fused-ring (bicyclic) bond motifs is 1. The zero-order valence-electron chi connectivity index (χ0n) is 15.5. The monoisotopic (exact) mass is 400 g/mol. The molecule has 0 spiro atoms. The number of hydrogen-bond donors (Lipinski definition) is 2. The first-order valence-electron chi connectivity index (χ1n) is 8.93. The van der Waals surface area contributed by atoms with Crippen LogP contribution in [0.2, 0.25) is 0 Å². The molecule has 0 amide bonds. The Hall–Kier alpha value is -3.78. The molecule has 7 nitrogen and oxygen atoms in total. The fraction of sp³-hybridized carbons (Fsp3) is 0.0476. The number of nitrogen functional groups attached to an aromatic ring is 1. The summed E-state index contributed by atoms with van der Waals surface area (Å²) >= 11 is 1.51. The van der Waals surface area contributed by atoms with Crippen LogP contribution in [0.15, 0.2) is 64.8 Å². The molecule has 2 aromatic carbocycles. The predicted molar refractivity (Wildman–Crippen MR) is 116 cm³/mol. The summed E-state index contributed by atoms with van der Waals surface area (Å²) < 4.78 is 5.55. The molecule has 0 fully saturated rings. The lowest BCUT2D eigenvalue weighted by molar-refractivity contribution is 0.441. The Labute approximate surface area is 170 Å². The summed E-state index contributed by atoms with van der Waals surface area (Å²) in [6.45, 7) is 0. The van der Waals surface area contributed by atoms with Gasteiger partial charge in [-0.2, -0.15) is 0 Å². The van der Waals surface area contributed by atoms with Crippen LogP contribution in [-0.4, -0.2) is 27.2 Å². The SMILES string of the molecule is CNc1ccc(-c2cc(-c3ccc4noc(-c5cncs5)c4c3)nc(N)n2)cc1. The molecule has 29 heavy (non-hydrogen) atoms. The van der Waals surface area contributed by atoms with Crippen molar-refractivity contribution >= 4 is 33.9 Å². The molecule has 0 aliphatic rings. The Kier molecular flexibility index (Phi) is 4.18. The summed E-state index contributed by atoms with van der Waals surface area (Å²) in [4.78, 5) is 13.9. The van der Waals surface area contributed by atoms with Crippen LogP contribution in [0.1, 0.15) is 0 Å². The van der Waals surface area contributed by atoms with Crippen LogP contribution in [0.5, 0.6) is 0 Å². The lowest BCUT2D eigenvalue weighted by Gasteiger charge is -2.07. The summed E-state index contributed by atoms with van der Waals surface area (Å²) in [5, 5.41) is 8.16. The molecule has 5 aromatic rings. The van der Waals surface area contributed by atoms with Crippen LogP contribution >= 0.6 is 11.3 Å². The number of aromatic nitrogens is 4. The molecule has 3 N–H and O–H groups in total. The molecule has 0 bridgehead atoms. The van der Waals surface area contributed by atoms with Crippen molar-refractivity contribution in [2.24, 2.45) is 0 Å². The number of thiazole rings is 1. The zero-order chi connectivity index (χ0) is 19.8. The molecular weight excluding hydrogens is 384 g/mol. The van der Waals surface area contributed by atoms with E-state index in [1.54, 1.807) is 11.7 Å². The topological polar surface area (TPSA) is 103 Å². The van der Waals surface area contributed by atoms with Gasteiger partial charge in [-0.25, -0.2) is 9.97 Å². The average molecular weight is 400 g/mol. The van der Waals surface area contributed by atoms with Gasteiger partial charge in [0, 0.05) is 30.1 Å². The van der Waals surface area contributed by atoms with E-state index in [9.17, 15) is 0 Å². The molecule has 5 rings (SSSR count). The Bertz CT molecular complexity index is 1300. The highest BCUT2D eigenvalue weighted by molar-refractivity contribution is 7.13. The Morgan fingerprint density at radius 2 is 1.72 bits per heavy atom. The minimum absolute atomic E-state index is 0.225. The second kappa shape index (κ2) is 6.99. The molecule has 3 aromatic heterocycles. The molecule has 0 aliphatic heterocycles. The second-order valence-corrected chi connectivity index (χ2v) is 7.32. The van der Waals surface area contributed by atoms with Gasteiger partial charge in [0.25, 0.3) is 0 Å². The van der Waals surface area contributed by atoms with Crippen molar-refractivity contribution in [1.82, 2.24) is 20.1 Å². The van der Waals surface area contributed by atoms with Crippen LogP contribution in [0.3, 0.4) is 0 Å². The van der Waals surface area contributed by atoms with Gasteiger partial charge in [0.2, 0.25) is 5.95 Å². The molecule has 0 unspecified atom stereocenters. The quantitative estimate of drug-likeness (QED) is 0.451. The Morgan fingerprint density at radius 3 is 2.45 bits per heavy atom. The van der Waals surface area contributed by atoms with E-state index in [1.807, 2.05) is 55.6 Å². The normalized spacial score (nSPS) is 11.1. The van der Waals surface area contributed by atoms with Crippen molar-refractivity contribution in [3.8, 4) is 33.2 Å². The van der Waals surface area contributed by atoms with Gasteiger partial charge in [-0.15, -0.1) is 11.3 Å². The molecule has 0 radical (unpaired) electrons. The lowest BCUT2D eigenvalue weighted by atomic mass is 10.0. The van der Waals surface area contributed by atoms with Crippen LogP contribution < -0.4 is 11.1 Å². The number of hydrogen-bond acceptors (Lipinski definition) is 8. The maximum atomic E-state index is 6.02. The number of nitrogens with two attached hydrogens (primary N) is 1. The zero-order valence-corrected chi connectivity index (χ0v) is 16.3. The van der Waals surface area contributed by atoms with Crippen molar-refractivity contribution in [2.75, 3.05) is 18.1 Å². The summed E-state index contributed by atoms with van der Waals surface area (Å²) in [6.07, 6.45) is 1.77. The summed E-state index contributed by atoms with van der Waals surface area (Å²) in [5.74, 6) is 0.928. The minimum Gasteiger partial charge on any atom is -0.388 e. The summed E-state index contributed by atoms with van der Waals surface area (Å²) in [6, 6.07) is 15.8. The van der Waals surface area contributed by atoms with Crippen molar-refractivity contribution in [3.05, 3.63) is 60.2 Å². The van der Waals surface area contributed by atoms with E-state index >= 15 is 0 Å². The van der Waals surface area contributed by atoms with Gasteiger partial charge < -0.3 is 15.6 Å². The summed E-state index contributed by atoms with van der Waals surface area (Å²) in [7, 11) is 1.89. The van der Waals surface area contributed by atoms with E-state index in [2.05, 4.69) is 25.4 Å². The minimum atomic E-state index is 0.225. The molecule has 0 saturated heterocycles. The molecule has 8 heteroatoms. The van der Waals surface area contributed by atoms with Gasteiger partial charge in [0.05, 0.1) is 27.2 Å². The molecule has 142 valence electrons. The highest BCUT2D eigenvalue weighted by Gasteiger charge is 2.14. The molecule has 0 aliphatic carbocycles. The van der Waals surface area contributed by atoms with Gasteiger partial charge in [-0.1, -0.05) is 23.4 Å². The largest absolute Gasteiger partial charge is 0.388 e. The number of rotatable bonds is 4. The third kappa shape index (κ3) is 3.19. The van der Waals surface area contributed by atoms with Gasteiger partial charge in [-0.05, 0) is 30.3 Å². The van der Waals surface area contributed by atoms with E-state index < -0.39 is 0 Å². The average Bonchev–Trinajstić information content (AvgIpc) is 3.42. The van der Waals surface area contributed by atoms with Crippen molar-refractivity contribution in [3.63, 3.8) is 0 Å². The fourth-order valence-electron chi connectivity index (χ4n) is 3.18. The number of benzene rings is 2. The summed E-state index contributed by atoms with van der Waals surface area (Å²) in [5.41, 5.74) is 13.0.